The largest absolute Gasteiger partial charge is 0.465 e. The van der Waals surface area contributed by atoms with Crippen molar-refractivity contribution in [2.24, 2.45) is 0 Å². The van der Waals surface area contributed by atoms with E-state index in [0.29, 0.717) is 5.69 Å². The number of piperazine rings is 1. The lowest BCUT2D eigenvalue weighted by atomic mass is 10.1. The van der Waals surface area contributed by atoms with Gasteiger partial charge in [0.05, 0.1) is 18.4 Å². The Morgan fingerprint density at radius 1 is 1.56 bits per heavy atom. The lowest BCUT2D eigenvalue weighted by Gasteiger charge is -2.36. The van der Waals surface area contributed by atoms with Crippen molar-refractivity contribution in [3.63, 3.8) is 0 Å². The molecule has 0 radical (unpaired) electrons. The van der Waals surface area contributed by atoms with Gasteiger partial charge in [-0.05, 0) is 25.1 Å². The molecule has 5 heteroatoms. The van der Waals surface area contributed by atoms with E-state index in [0.717, 1.165) is 19.6 Å². The van der Waals surface area contributed by atoms with E-state index in [1.54, 1.807) is 12.1 Å². The van der Waals surface area contributed by atoms with Crippen LogP contribution in [0.15, 0.2) is 18.2 Å². The predicted octanol–water partition coefficient (Wildman–Crippen LogP) is 1.41. The van der Waals surface area contributed by atoms with Gasteiger partial charge in [0.25, 0.3) is 0 Å². The summed E-state index contributed by atoms with van der Waals surface area (Å²) < 4.78 is 18.6. The number of esters is 1. The molecule has 1 heterocycles. The van der Waals surface area contributed by atoms with Crippen molar-refractivity contribution in [2.45, 2.75) is 13.0 Å². The summed E-state index contributed by atoms with van der Waals surface area (Å²) in [4.78, 5) is 13.3. The molecule has 0 spiro atoms. The summed E-state index contributed by atoms with van der Waals surface area (Å²) in [6.07, 6.45) is 0. The normalized spacial score (nSPS) is 19.7. The van der Waals surface area contributed by atoms with E-state index in [1.165, 1.54) is 13.2 Å². The topological polar surface area (TPSA) is 41.6 Å². The summed E-state index contributed by atoms with van der Waals surface area (Å²) in [5, 5.41) is 3.25. The minimum atomic E-state index is -0.520. The van der Waals surface area contributed by atoms with Gasteiger partial charge < -0.3 is 15.0 Å². The third kappa shape index (κ3) is 2.46. The molecular formula is C13H17FN2O2. The Hall–Kier alpha value is -1.62. The van der Waals surface area contributed by atoms with Crippen molar-refractivity contribution in [3.8, 4) is 0 Å². The molecule has 0 unspecified atom stereocenters. The van der Waals surface area contributed by atoms with Crippen LogP contribution in [0.5, 0.6) is 0 Å². The number of carbonyl (C=O) groups excluding carboxylic acids is 1. The first-order chi connectivity index (χ1) is 8.63. The van der Waals surface area contributed by atoms with Gasteiger partial charge in [0.2, 0.25) is 0 Å². The average Bonchev–Trinajstić information content (AvgIpc) is 2.39. The number of anilines is 1. The molecule has 0 bridgehead atoms. The second-order valence-corrected chi connectivity index (χ2v) is 4.40. The Labute approximate surface area is 106 Å². The first kappa shape index (κ1) is 12.8. The van der Waals surface area contributed by atoms with Crippen LogP contribution in [0, 0.1) is 5.82 Å². The summed E-state index contributed by atoms with van der Waals surface area (Å²) in [5.41, 5.74) is 0.776. The van der Waals surface area contributed by atoms with Crippen LogP contribution in [0.1, 0.15) is 17.3 Å². The molecule has 1 fully saturated rings. The van der Waals surface area contributed by atoms with Gasteiger partial charge in [0.1, 0.15) is 5.82 Å². The minimum absolute atomic E-state index is 0.234. The maximum absolute atomic E-state index is 14.0. The molecule has 1 N–H and O–H groups in total. The van der Waals surface area contributed by atoms with Crippen molar-refractivity contribution in [3.05, 3.63) is 29.6 Å². The van der Waals surface area contributed by atoms with Gasteiger partial charge in [0, 0.05) is 25.7 Å². The zero-order valence-corrected chi connectivity index (χ0v) is 10.6. The number of ether oxygens (including phenoxy) is 1. The third-order valence-corrected chi connectivity index (χ3v) is 3.18. The Morgan fingerprint density at radius 3 is 2.94 bits per heavy atom. The molecule has 0 amide bonds. The highest BCUT2D eigenvalue weighted by atomic mass is 19.1. The van der Waals surface area contributed by atoms with Gasteiger partial charge in [0.15, 0.2) is 0 Å². The Bertz CT molecular complexity index is 451. The van der Waals surface area contributed by atoms with E-state index >= 15 is 0 Å². The van der Waals surface area contributed by atoms with Crippen LogP contribution in [0.25, 0.3) is 0 Å². The van der Waals surface area contributed by atoms with Crippen LogP contribution >= 0.6 is 0 Å². The number of nitrogens with one attached hydrogen (secondary N) is 1. The fraction of sp³-hybridized carbons (Fsp3) is 0.462. The SMILES string of the molecule is COC(=O)c1ccc(N2CCNC[C@@H]2C)c(F)c1. The maximum atomic E-state index is 14.0. The highest BCUT2D eigenvalue weighted by Crippen LogP contribution is 2.23. The second-order valence-electron chi connectivity index (χ2n) is 4.40. The molecule has 0 aliphatic carbocycles. The van der Waals surface area contributed by atoms with Gasteiger partial charge in [-0.2, -0.15) is 0 Å². The molecule has 4 nitrogen and oxygen atoms in total. The molecule has 0 aromatic heterocycles. The van der Waals surface area contributed by atoms with Crippen LogP contribution in [-0.4, -0.2) is 38.8 Å². The lowest BCUT2D eigenvalue weighted by molar-refractivity contribution is 0.0600. The molecule has 1 aromatic rings. The fourth-order valence-electron chi connectivity index (χ4n) is 2.18. The molecule has 1 aliphatic heterocycles. The smallest absolute Gasteiger partial charge is 0.337 e. The molecule has 98 valence electrons. The van der Waals surface area contributed by atoms with Gasteiger partial charge in [-0.1, -0.05) is 0 Å². The Balaban J connectivity index is 2.26. The number of benzene rings is 1. The quantitative estimate of drug-likeness (QED) is 0.808. The van der Waals surface area contributed by atoms with Gasteiger partial charge in [-0.15, -0.1) is 0 Å². The molecule has 2 rings (SSSR count). The van der Waals surface area contributed by atoms with Crippen molar-refractivity contribution in [2.75, 3.05) is 31.6 Å². The number of nitrogens with zero attached hydrogens (tertiary/aromatic N) is 1. The van der Waals surface area contributed by atoms with Crippen LogP contribution in [-0.2, 0) is 4.74 Å². The number of halogens is 1. The van der Waals surface area contributed by atoms with Crippen molar-refractivity contribution < 1.29 is 13.9 Å². The second kappa shape index (κ2) is 5.35. The zero-order chi connectivity index (χ0) is 13.1. The molecule has 1 atom stereocenters. The van der Waals surface area contributed by atoms with Crippen molar-refractivity contribution in [1.29, 1.82) is 0 Å². The highest BCUT2D eigenvalue weighted by molar-refractivity contribution is 5.89. The molecular weight excluding hydrogens is 235 g/mol. The summed E-state index contributed by atoms with van der Waals surface area (Å²) in [6.45, 7) is 4.47. The van der Waals surface area contributed by atoms with E-state index in [-0.39, 0.29) is 17.4 Å². The van der Waals surface area contributed by atoms with Crippen LogP contribution < -0.4 is 10.2 Å². The third-order valence-electron chi connectivity index (χ3n) is 3.18. The standard InChI is InChI=1S/C13H17FN2O2/c1-9-8-15-5-6-16(9)12-4-3-10(7-11(12)14)13(17)18-2/h3-4,7,9,15H,5-6,8H2,1-2H3/t9-/m0/s1. The van der Waals surface area contributed by atoms with E-state index in [4.69, 9.17) is 0 Å². The lowest BCUT2D eigenvalue weighted by Crippen LogP contribution is -2.50. The monoisotopic (exact) mass is 252 g/mol. The van der Waals surface area contributed by atoms with Gasteiger partial charge in [-0.25, -0.2) is 9.18 Å². The predicted molar refractivity (Wildman–Crippen MR) is 67.4 cm³/mol. The summed E-state index contributed by atoms with van der Waals surface area (Å²) in [7, 11) is 1.28. The molecule has 1 aliphatic rings. The Kier molecular flexibility index (Phi) is 3.81. The number of carbonyl (C=O) groups is 1. The highest BCUT2D eigenvalue weighted by Gasteiger charge is 2.21. The number of hydrogen-bond donors (Lipinski definition) is 1. The van der Waals surface area contributed by atoms with Gasteiger partial charge >= 0.3 is 5.97 Å². The van der Waals surface area contributed by atoms with Crippen molar-refractivity contribution >= 4 is 11.7 Å². The van der Waals surface area contributed by atoms with Crippen LogP contribution in [0.2, 0.25) is 0 Å². The fourth-order valence-corrected chi connectivity index (χ4v) is 2.18. The molecule has 0 saturated carbocycles. The minimum Gasteiger partial charge on any atom is -0.465 e. The van der Waals surface area contributed by atoms with Crippen molar-refractivity contribution in [1.82, 2.24) is 5.32 Å². The summed E-state index contributed by atoms with van der Waals surface area (Å²) in [6, 6.07) is 4.70. The average molecular weight is 252 g/mol. The summed E-state index contributed by atoms with van der Waals surface area (Å²) >= 11 is 0. The molecule has 1 saturated heterocycles. The maximum Gasteiger partial charge on any atom is 0.337 e. The van der Waals surface area contributed by atoms with Gasteiger partial charge in [-0.3, -0.25) is 0 Å². The first-order valence-corrected chi connectivity index (χ1v) is 5.98. The Morgan fingerprint density at radius 2 is 2.33 bits per heavy atom. The van der Waals surface area contributed by atoms with E-state index in [2.05, 4.69) is 10.1 Å². The van der Waals surface area contributed by atoms with Crippen LogP contribution in [0.4, 0.5) is 10.1 Å². The number of hydrogen-bond acceptors (Lipinski definition) is 4. The molecule has 1 aromatic carbocycles. The van der Waals surface area contributed by atoms with E-state index in [1.807, 2.05) is 11.8 Å². The van der Waals surface area contributed by atoms with E-state index < -0.39 is 5.97 Å². The zero-order valence-electron chi connectivity index (χ0n) is 10.6. The first-order valence-electron chi connectivity index (χ1n) is 5.98. The number of rotatable bonds is 2. The van der Waals surface area contributed by atoms with Crippen LogP contribution in [0.3, 0.4) is 0 Å². The molecule has 18 heavy (non-hydrogen) atoms. The number of methoxy groups -OCH3 is 1. The van der Waals surface area contributed by atoms with E-state index in [9.17, 15) is 9.18 Å². The summed E-state index contributed by atoms with van der Waals surface area (Å²) in [5.74, 6) is -0.902.